The largest absolute Gasteiger partial charge is 0.444 e. The number of ether oxygens (including phenoxy) is 1. The zero-order valence-electron chi connectivity index (χ0n) is 14.7. The minimum absolute atomic E-state index is 0.192. The molecule has 1 aliphatic heterocycles. The fourth-order valence-corrected chi connectivity index (χ4v) is 2.90. The van der Waals surface area contributed by atoms with E-state index in [9.17, 15) is 4.79 Å². The van der Waals surface area contributed by atoms with Crippen LogP contribution in [-0.2, 0) is 11.3 Å². The average molecular weight is 319 g/mol. The van der Waals surface area contributed by atoms with Gasteiger partial charge in [-0.2, -0.15) is 0 Å². The summed E-state index contributed by atoms with van der Waals surface area (Å²) in [6, 6.07) is 8.69. The second-order valence-electron chi connectivity index (χ2n) is 7.07. The van der Waals surface area contributed by atoms with Crippen LogP contribution in [0.2, 0.25) is 0 Å². The molecule has 1 heterocycles. The SMILES string of the molecule is CNCc1ccccc1N1CCC(NC(=O)OC(C)(C)C)CC1. The van der Waals surface area contributed by atoms with Crippen LogP contribution < -0.4 is 15.5 Å². The summed E-state index contributed by atoms with van der Waals surface area (Å²) in [4.78, 5) is 14.3. The number of amides is 1. The number of piperidine rings is 1. The van der Waals surface area contributed by atoms with Crippen LogP contribution in [0, 0.1) is 0 Å². The van der Waals surface area contributed by atoms with Gasteiger partial charge in [-0.05, 0) is 52.3 Å². The van der Waals surface area contributed by atoms with Gasteiger partial charge in [0.15, 0.2) is 0 Å². The molecule has 2 N–H and O–H groups in total. The molecule has 5 heteroatoms. The van der Waals surface area contributed by atoms with Crippen LogP contribution in [0.15, 0.2) is 24.3 Å². The molecule has 0 unspecified atom stereocenters. The van der Waals surface area contributed by atoms with Crippen LogP contribution in [0.5, 0.6) is 0 Å². The van der Waals surface area contributed by atoms with Crippen molar-refractivity contribution in [3.8, 4) is 0 Å². The topological polar surface area (TPSA) is 53.6 Å². The van der Waals surface area contributed by atoms with Gasteiger partial charge < -0.3 is 20.3 Å². The van der Waals surface area contributed by atoms with Crippen molar-refractivity contribution in [3.63, 3.8) is 0 Å². The summed E-state index contributed by atoms with van der Waals surface area (Å²) < 4.78 is 5.33. The molecule has 1 saturated heterocycles. The summed E-state index contributed by atoms with van der Waals surface area (Å²) in [6.45, 7) is 8.41. The third-order valence-electron chi connectivity index (χ3n) is 3.92. The quantitative estimate of drug-likeness (QED) is 0.896. The fourth-order valence-electron chi connectivity index (χ4n) is 2.90. The number of anilines is 1. The normalized spacial score (nSPS) is 16.3. The van der Waals surface area contributed by atoms with Gasteiger partial charge in [0.1, 0.15) is 5.60 Å². The molecular formula is C18H29N3O2. The summed E-state index contributed by atoms with van der Waals surface area (Å²) in [5, 5.41) is 6.21. The molecule has 128 valence electrons. The van der Waals surface area contributed by atoms with Gasteiger partial charge in [-0.15, -0.1) is 0 Å². The van der Waals surface area contributed by atoms with E-state index in [0.717, 1.165) is 32.5 Å². The molecule has 1 aromatic carbocycles. The maximum atomic E-state index is 11.9. The fraction of sp³-hybridized carbons (Fsp3) is 0.611. The van der Waals surface area contributed by atoms with Crippen molar-refractivity contribution in [1.82, 2.24) is 10.6 Å². The summed E-state index contributed by atoms with van der Waals surface area (Å²) in [5.74, 6) is 0. The first kappa shape index (κ1) is 17.6. The Kier molecular flexibility index (Phi) is 5.88. The highest BCUT2D eigenvalue weighted by molar-refractivity contribution is 5.68. The van der Waals surface area contributed by atoms with E-state index in [0.29, 0.717) is 0 Å². The minimum atomic E-state index is -0.448. The number of rotatable bonds is 4. The Balaban J connectivity index is 1.88. The highest BCUT2D eigenvalue weighted by Gasteiger charge is 2.24. The summed E-state index contributed by atoms with van der Waals surface area (Å²) in [7, 11) is 1.97. The second-order valence-corrected chi connectivity index (χ2v) is 7.07. The number of nitrogens with one attached hydrogen (secondary N) is 2. The molecule has 1 aliphatic rings. The highest BCUT2D eigenvalue weighted by Crippen LogP contribution is 2.24. The Morgan fingerprint density at radius 2 is 1.91 bits per heavy atom. The molecule has 1 fully saturated rings. The molecule has 0 atom stereocenters. The lowest BCUT2D eigenvalue weighted by Gasteiger charge is -2.35. The number of alkyl carbamates (subject to hydrolysis) is 1. The molecule has 0 aromatic heterocycles. The van der Waals surface area contributed by atoms with E-state index in [1.807, 2.05) is 27.8 Å². The van der Waals surface area contributed by atoms with E-state index in [1.165, 1.54) is 11.3 Å². The zero-order valence-corrected chi connectivity index (χ0v) is 14.7. The summed E-state index contributed by atoms with van der Waals surface area (Å²) in [5.41, 5.74) is 2.16. The molecule has 5 nitrogen and oxygen atoms in total. The van der Waals surface area contributed by atoms with Crippen molar-refractivity contribution in [3.05, 3.63) is 29.8 Å². The predicted molar refractivity (Wildman–Crippen MR) is 93.8 cm³/mol. The first-order valence-electron chi connectivity index (χ1n) is 8.36. The maximum Gasteiger partial charge on any atom is 0.407 e. The molecule has 0 saturated carbocycles. The molecule has 2 rings (SSSR count). The Hall–Kier alpha value is -1.75. The van der Waals surface area contributed by atoms with Crippen molar-refractivity contribution >= 4 is 11.8 Å². The van der Waals surface area contributed by atoms with E-state index in [2.05, 4.69) is 39.8 Å². The number of benzene rings is 1. The number of carbonyl (C=O) groups excluding carboxylic acids is 1. The van der Waals surface area contributed by atoms with Gasteiger partial charge in [0.25, 0.3) is 0 Å². The van der Waals surface area contributed by atoms with E-state index in [-0.39, 0.29) is 12.1 Å². The van der Waals surface area contributed by atoms with Crippen molar-refractivity contribution in [2.75, 3.05) is 25.0 Å². The first-order chi connectivity index (χ1) is 10.9. The zero-order chi connectivity index (χ0) is 16.9. The third-order valence-corrected chi connectivity index (χ3v) is 3.92. The Morgan fingerprint density at radius 1 is 1.26 bits per heavy atom. The van der Waals surface area contributed by atoms with E-state index < -0.39 is 5.60 Å². The predicted octanol–water partition coefficient (Wildman–Crippen LogP) is 2.90. The average Bonchev–Trinajstić information content (AvgIpc) is 2.47. The Morgan fingerprint density at radius 3 is 2.52 bits per heavy atom. The number of nitrogens with zero attached hydrogens (tertiary/aromatic N) is 1. The monoisotopic (exact) mass is 319 g/mol. The molecule has 1 aromatic rings. The Bertz CT molecular complexity index is 517. The molecule has 0 aliphatic carbocycles. The van der Waals surface area contributed by atoms with Crippen LogP contribution in [-0.4, -0.2) is 37.9 Å². The summed E-state index contributed by atoms with van der Waals surface area (Å²) >= 11 is 0. The second kappa shape index (κ2) is 7.68. The van der Waals surface area contributed by atoms with E-state index in [1.54, 1.807) is 0 Å². The van der Waals surface area contributed by atoms with Gasteiger partial charge in [-0.3, -0.25) is 0 Å². The minimum Gasteiger partial charge on any atom is -0.444 e. The van der Waals surface area contributed by atoms with Crippen LogP contribution in [0.4, 0.5) is 10.5 Å². The molecular weight excluding hydrogens is 290 g/mol. The Labute approximate surface area is 139 Å². The van der Waals surface area contributed by atoms with Gasteiger partial charge >= 0.3 is 6.09 Å². The summed E-state index contributed by atoms with van der Waals surface area (Å²) in [6.07, 6.45) is 1.56. The molecule has 23 heavy (non-hydrogen) atoms. The standard InChI is InChI=1S/C18H29N3O2/c1-18(2,3)23-17(22)20-15-9-11-21(12-10-15)16-8-6-5-7-14(16)13-19-4/h5-8,15,19H,9-13H2,1-4H3,(H,20,22). The van der Waals surface area contributed by atoms with Gasteiger partial charge in [-0.25, -0.2) is 4.79 Å². The number of para-hydroxylation sites is 1. The van der Waals surface area contributed by atoms with Gasteiger partial charge in [0.05, 0.1) is 0 Å². The maximum absolute atomic E-state index is 11.9. The van der Waals surface area contributed by atoms with E-state index >= 15 is 0 Å². The van der Waals surface area contributed by atoms with Crippen molar-refractivity contribution < 1.29 is 9.53 Å². The number of hydrogen-bond donors (Lipinski definition) is 2. The highest BCUT2D eigenvalue weighted by atomic mass is 16.6. The van der Waals surface area contributed by atoms with Crippen molar-refractivity contribution in [1.29, 1.82) is 0 Å². The van der Waals surface area contributed by atoms with Crippen LogP contribution in [0.1, 0.15) is 39.2 Å². The van der Waals surface area contributed by atoms with Gasteiger partial charge in [0.2, 0.25) is 0 Å². The number of hydrogen-bond acceptors (Lipinski definition) is 4. The lowest BCUT2D eigenvalue weighted by molar-refractivity contribution is 0.0497. The van der Waals surface area contributed by atoms with Crippen LogP contribution in [0.3, 0.4) is 0 Å². The smallest absolute Gasteiger partial charge is 0.407 e. The first-order valence-corrected chi connectivity index (χ1v) is 8.36. The third kappa shape index (κ3) is 5.43. The van der Waals surface area contributed by atoms with Crippen LogP contribution in [0.25, 0.3) is 0 Å². The molecule has 0 radical (unpaired) electrons. The van der Waals surface area contributed by atoms with Gasteiger partial charge in [-0.1, -0.05) is 18.2 Å². The molecule has 1 amide bonds. The number of carbonyl (C=O) groups is 1. The van der Waals surface area contributed by atoms with Gasteiger partial charge in [0, 0.05) is 31.4 Å². The molecule has 0 spiro atoms. The van der Waals surface area contributed by atoms with E-state index in [4.69, 9.17) is 4.74 Å². The molecule has 0 bridgehead atoms. The van der Waals surface area contributed by atoms with Crippen molar-refractivity contribution in [2.24, 2.45) is 0 Å². The van der Waals surface area contributed by atoms with Crippen LogP contribution >= 0.6 is 0 Å². The van der Waals surface area contributed by atoms with Crippen molar-refractivity contribution in [2.45, 2.75) is 51.8 Å². The lowest BCUT2D eigenvalue weighted by Crippen LogP contribution is -2.46. The lowest BCUT2D eigenvalue weighted by atomic mass is 10.0.